The number of nitrogens with two attached hydrogens (primary N) is 1. The van der Waals surface area contributed by atoms with Crippen molar-refractivity contribution in [2.45, 2.75) is 33.7 Å². The fraction of sp³-hybridized carbons (Fsp3) is 0.714. The molecule has 0 saturated heterocycles. The third-order valence-corrected chi connectivity index (χ3v) is 2.81. The van der Waals surface area contributed by atoms with Gasteiger partial charge < -0.3 is 5.73 Å². The van der Waals surface area contributed by atoms with Gasteiger partial charge in [-0.3, -0.25) is 4.90 Å². The molecule has 0 amide bonds. The van der Waals surface area contributed by atoms with E-state index in [-0.39, 0.29) is 6.04 Å². The van der Waals surface area contributed by atoms with E-state index >= 15 is 0 Å². The minimum Gasteiger partial charge on any atom is -0.329 e. The summed E-state index contributed by atoms with van der Waals surface area (Å²) >= 11 is 0. The van der Waals surface area contributed by atoms with Gasteiger partial charge in [0.15, 0.2) is 0 Å². The molecule has 18 heavy (non-hydrogen) atoms. The van der Waals surface area contributed by atoms with Gasteiger partial charge in [-0.2, -0.15) is 0 Å². The van der Waals surface area contributed by atoms with Gasteiger partial charge in [0.25, 0.3) is 0 Å². The Morgan fingerprint density at radius 1 is 1.17 bits per heavy atom. The smallest absolute Gasteiger partial charge is 0.115 e. The van der Waals surface area contributed by atoms with Crippen molar-refractivity contribution in [1.82, 2.24) is 14.9 Å². The zero-order chi connectivity index (χ0) is 13.5. The van der Waals surface area contributed by atoms with Crippen LogP contribution in [-0.2, 0) is 0 Å². The molecule has 0 spiro atoms. The van der Waals surface area contributed by atoms with Crippen LogP contribution < -0.4 is 5.73 Å². The van der Waals surface area contributed by atoms with Crippen molar-refractivity contribution >= 4 is 0 Å². The van der Waals surface area contributed by atoms with Crippen LogP contribution in [0.2, 0.25) is 0 Å². The van der Waals surface area contributed by atoms with Gasteiger partial charge in [0, 0.05) is 25.8 Å². The third kappa shape index (κ3) is 4.70. The first-order chi connectivity index (χ1) is 8.54. The molecular weight excluding hydrogens is 224 g/mol. The lowest BCUT2D eigenvalue weighted by Crippen LogP contribution is -2.39. The normalized spacial score (nSPS) is 13.6. The molecule has 1 atom stereocenters. The standard InChI is InChI=1S/C14H26N4/c1-11(2)8-18(9-12(3)4)14(7-15)13-5-6-16-10-17-13/h5-6,10-12,14H,7-9,15H2,1-4H3. The molecular formula is C14H26N4. The predicted octanol–water partition coefficient (Wildman–Crippen LogP) is 2.09. The molecule has 1 aromatic rings. The quantitative estimate of drug-likeness (QED) is 0.805. The topological polar surface area (TPSA) is 55.0 Å². The van der Waals surface area contributed by atoms with E-state index < -0.39 is 0 Å². The van der Waals surface area contributed by atoms with Crippen molar-refractivity contribution < 1.29 is 0 Å². The van der Waals surface area contributed by atoms with Crippen molar-refractivity contribution in [3.63, 3.8) is 0 Å². The highest BCUT2D eigenvalue weighted by molar-refractivity contribution is 5.06. The zero-order valence-corrected chi connectivity index (χ0v) is 12.0. The van der Waals surface area contributed by atoms with Crippen LogP contribution in [0, 0.1) is 11.8 Å². The van der Waals surface area contributed by atoms with Gasteiger partial charge in [0.2, 0.25) is 0 Å². The first kappa shape index (κ1) is 15.1. The second-order valence-electron chi connectivity index (χ2n) is 5.63. The number of nitrogens with zero attached hydrogens (tertiary/aromatic N) is 3. The summed E-state index contributed by atoms with van der Waals surface area (Å²) in [5.41, 5.74) is 6.98. The summed E-state index contributed by atoms with van der Waals surface area (Å²) in [5.74, 6) is 1.25. The summed E-state index contributed by atoms with van der Waals surface area (Å²) in [7, 11) is 0. The van der Waals surface area contributed by atoms with E-state index in [2.05, 4.69) is 42.6 Å². The van der Waals surface area contributed by atoms with Gasteiger partial charge >= 0.3 is 0 Å². The lowest BCUT2D eigenvalue weighted by molar-refractivity contribution is 0.157. The molecule has 0 aliphatic rings. The second-order valence-corrected chi connectivity index (χ2v) is 5.63. The number of hydrogen-bond donors (Lipinski definition) is 1. The fourth-order valence-corrected chi connectivity index (χ4v) is 2.22. The molecule has 102 valence electrons. The molecule has 0 aromatic carbocycles. The highest BCUT2D eigenvalue weighted by atomic mass is 15.2. The van der Waals surface area contributed by atoms with Gasteiger partial charge in [0.1, 0.15) is 6.33 Å². The largest absolute Gasteiger partial charge is 0.329 e. The number of aromatic nitrogens is 2. The zero-order valence-electron chi connectivity index (χ0n) is 12.0. The van der Waals surface area contributed by atoms with E-state index in [1.54, 1.807) is 12.5 Å². The van der Waals surface area contributed by atoms with Gasteiger partial charge in [0.05, 0.1) is 11.7 Å². The molecule has 2 N–H and O–H groups in total. The molecule has 0 aliphatic carbocycles. The minimum atomic E-state index is 0.192. The second kappa shape index (κ2) is 7.44. The van der Waals surface area contributed by atoms with Crippen LogP contribution in [0.1, 0.15) is 39.4 Å². The molecule has 4 heteroatoms. The Balaban J connectivity index is 2.86. The van der Waals surface area contributed by atoms with Crippen molar-refractivity contribution in [2.75, 3.05) is 19.6 Å². The molecule has 1 rings (SSSR count). The first-order valence-electron chi connectivity index (χ1n) is 6.74. The Morgan fingerprint density at radius 3 is 2.17 bits per heavy atom. The maximum atomic E-state index is 5.96. The van der Waals surface area contributed by atoms with Crippen molar-refractivity contribution in [2.24, 2.45) is 17.6 Å². The first-order valence-corrected chi connectivity index (χ1v) is 6.74. The highest BCUT2D eigenvalue weighted by Crippen LogP contribution is 2.20. The summed E-state index contributed by atoms with van der Waals surface area (Å²) in [5, 5.41) is 0. The van der Waals surface area contributed by atoms with Gasteiger partial charge in [-0.1, -0.05) is 27.7 Å². The lowest BCUT2D eigenvalue weighted by atomic mass is 10.1. The molecule has 1 heterocycles. The Labute approximate surface area is 111 Å². The van der Waals surface area contributed by atoms with E-state index in [0.29, 0.717) is 18.4 Å². The van der Waals surface area contributed by atoms with Gasteiger partial charge in [-0.25, -0.2) is 9.97 Å². The van der Waals surface area contributed by atoms with Gasteiger partial charge in [-0.15, -0.1) is 0 Å². The summed E-state index contributed by atoms with van der Waals surface area (Å²) < 4.78 is 0. The maximum Gasteiger partial charge on any atom is 0.115 e. The molecule has 0 aliphatic heterocycles. The lowest BCUT2D eigenvalue weighted by Gasteiger charge is -2.33. The van der Waals surface area contributed by atoms with Crippen LogP contribution >= 0.6 is 0 Å². The third-order valence-electron chi connectivity index (χ3n) is 2.81. The van der Waals surface area contributed by atoms with E-state index in [4.69, 9.17) is 5.73 Å². The van der Waals surface area contributed by atoms with E-state index in [0.717, 1.165) is 18.8 Å². The van der Waals surface area contributed by atoms with E-state index in [1.807, 2.05) is 6.07 Å². The Kier molecular flexibility index (Phi) is 6.22. The monoisotopic (exact) mass is 250 g/mol. The molecule has 0 bridgehead atoms. The average molecular weight is 250 g/mol. The summed E-state index contributed by atoms with van der Waals surface area (Å²) in [6.45, 7) is 11.6. The number of hydrogen-bond acceptors (Lipinski definition) is 4. The van der Waals surface area contributed by atoms with Crippen LogP contribution in [0.3, 0.4) is 0 Å². The molecule has 4 nitrogen and oxygen atoms in total. The average Bonchev–Trinajstić information content (AvgIpc) is 2.29. The van der Waals surface area contributed by atoms with E-state index in [1.165, 1.54) is 0 Å². The summed E-state index contributed by atoms with van der Waals surface area (Å²) in [6, 6.07) is 2.16. The van der Waals surface area contributed by atoms with Crippen LogP contribution in [0.4, 0.5) is 0 Å². The fourth-order valence-electron chi connectivity index (χ4n) is 2.22. The van der Waals surface area contributed by atoms with Crippen molar-refractivity contribution in [3.8, 4) is 0 Å². The maximum absolute atomic E-state index is 5.96. The van der Waals surface area contributed by atoms with Crippen LogP contribution in [-0.4, -0.2) is 34.5 Å². The van der Waals surface area contributed by atoms with Gasteiger partial charge in [-0.05, 0) is 17.9 Å². The Morgan fingerprint density at radius 2 is 1.78 bits per heavy atom. The van der Waals surface area contributed by atoms with Crippen LogP contribution in [0.15, 0.2) is 18.6 Å². The predicted molar refractivity (Wildman–Crippen MR) is 75.1 cm³/mol. The van der Waals surface area contributed by atoms with Crippen LogP contribution in [0.5, 0.6) is 0 Å². The SMILES string of the molecule is CC(C)CN(CC(C)C)C(CN)c1ccncn1. The molecule has 0 fully saturated rings. The number of rotatable bonds is 7. The molecule has 1 unspecified atom stereocenters. The minimum absolute atomic E-state index is 0.192. The molecule has 1 aromatic heterocycles. The Hall–Kier alpha value is -1.00. The summed E-state index contributed by atoms with van der Waals surface area (Å²) in [6.07, 6.45) is 3.38. The molecule has 0 radical (unpaired) electrons. The van der Waals surface area contributed by atoms with Crippen molar-refractivity contribution in [3.05, 3.63) is 24.3 Å². The summed E-state index contributed by atoms with van der Waals surface area (Å²) in [4.78, 5) is 10.8. The molecule has 0 saturated carbocycles. The highest BCUT2D eigenvalue weighted by Gasteiger charge is 2.21. The Bertz CT molecular complexity index is 314. The van der Waals surface area contributed by atoms with E-state index in [9.17, 15) is 0 Å². The van der Waals surface area contributed by atoms with Crippen LogP contribution in [0.25, 0.3) is 0 Å². The van der Waals surface area contributed by atoms with Crippen molar-refractivity contribution in [1.29, 1.82) is 0 Å².